The van der Waals surface area contributed by atoms with E-state index in [1.54, 1.807) is 12.1 Å². The summed E-state index contributed by atoms with van der Waals surface area (Å²) in [5, 5.41) is 0. The Bertz CT molecular complexity index is 1070. The number of unbranched alkanes of at least 4 members (excludes halogenated alkanes) is 1. The maximum Gasteiger partial charge on any atom is 0.338 e. The Morgan fingerprint density at radius 1 is 1.09 bits per heavy atom. The van der Waals surface area contributed by atoms with Crippen LogP contribution in [0.15, 0.2) is 42.5 Å². The van der Waals surface area contributed by atoms with Gasteiger partial charge in [0.05, 0.1) is 16.7 Å². The molecule has 3 rings (SSSR count). The number of likely N-dealkylation sites (N-methyl/N-ethyl adjacent to an activating group) is 1. The van der Waals surface area contributed by atoms with Gasteiger partial charge in [-0.15, -0.1) is 0 Å². The van der Waals surface area contributed by atoms with Crippen molar-refractivity contribution in [1.82, 2.24) is 9.80 Å². The van der Waals surface area contributed by atoms with Gasteiger partial charge in [0.15, 0.2) is 6.10 Å². The van der Waals surface area contributed by atoms with Gasteiger partial charge in [0.25, 0.3) is 17.7 Å². The standard InChI is InChI=1S/C24H25FN2O5/c1-4-5-11-27-22(29)19-10-9-17(13-20(19)23(27)30)24(31)32-15(2)21(28)26(3)14-16-7-6-8-18(25)12-16/h6-10,12-13,15H,4-5,11,14H2,1-3H3. The molecule has 1 unspecified atom stereocenters. The zero-order valence-corrected chi connectivity index (χ0v) is 18.3. The van der Waals surface area contributed by atoms with Gasteiger partial charge in [-0.25, -0.2) is 9.18 Å². The molecule has 2 aromatic carbocycles. The Balaban J connectivity index is 1.66. The number of nitrogens with zero attached hydrogens (tertiary/aromatic N) is 2. The van der Waals surface area contributed by atoms with Crippen LogP contribution in [-0.4, -0.2) is 53.2 Å². The van der Waals surface area contributed by atoms with Crippen LogP contribution in [0.5, 0.6) is 0 Å². The predicted octanol–water partition coefficient (Wildman–Crippen LogP) is 3.43. The molecular weight excluding hydrogens is 415 g/mol. The first-order valence-electron chi connectivity index (χ1n) is 10.4. The third kappa shape index (κ3) is 4.85. The van der Waals surface area contributed by atoms with Crippen LogP contribution < -0.4 is 0 Å². The van der Waals surface area contributed by atoms with Crippen molar-refractivity contribution in [3.8, 4) is 0 Å². The fourth-order valence-corrected chi connectivity index (χ4v) is 3.51. The second kappa shape index (κ2) is 9.72. The molecule has 0 spiro atoms. The predicted molar refractivity (Wildman–Crippen MR) is 114 cm³/mol. The number of rotatable bonds is 8. The minimum Gasteiger partial charge on any atom is -0.449 e. The van der Waals surface area contributed by atoms with E-state index in [9.17, 15) is 23.6 Å². The summed E-state index contributed by atoms with van der Waals surface area (Å²) < 4.78 is 18.6. The lowest BCUT2D eigenvalue weighted by atomic mass is 10.1. The SMILES string of the molecule is CCCCN1C(=O)c2ccc(C(=O)OC(C)C(=O)N(C)Cc3cccc(F)c3)cc2C1=O. The number of esters is 1. The first-order valence-corrected chi connectivity index (χ1v) is 10.4. The number of carbonyl (C=O) groups excluding carboxylic acids is 4. The van der Waals surface area contributed by atoms with Crippen molar-refractivity contribution in [3.63, 3.8) is 0 Å². The number of hydrogen-bond acceptors (Lipinski definition) is 5. The minimum absolute atomic E-state index is 0.0784. The molecule has 1 aliphatic heterocycles. The van der Waals surface area contributed by atoms with Crippen molar-refractivity contribution in [1.29, 1.82) is 0 Å². The molecule has 168 valence electrons. The summed E-state index contributed by atoms with van der Waals surface area (Å²) in [4.78, 5) is 52.7. The minimum atomic E-state index is -1.09. The van der Waals surface area contributed by atoms with E-state index in [4.69, 9.17) is 4.74 Å². The second-order valence-corrected chi connectivity index (χ2v) is 7.75. The number of benzene rings is 2. The molecular formula is C24H25FN2O5. The summed E-state index contributed by atoms with van der Waals surface area (Å²) >= 11 is 0. The zero-order chi connectivity index (χ0) is 23.4. The molecule has 1 atom stereocenters. The second-order valence-electron chi connectivity index (χ2n) is 7.75. The lowest BCUT2D eigenvalue weighted by molar-refractivity contribution is -0.139. The molecule has 8 heteroatoms. The summed E-state index contributed by atoms with van der Waals surface area (Å²) in [7, 11) is 1.53. The third-order valence-corrected chi connectivity index (χ3v) is 5.26. The van der Waals surface area contributed by atoms with E-state index in [0.29, 0.717) is 18.5 Å². The molecule has 0 saturated carbocycles. The Kier molecular flexibility index (Phi) is 7.02. The van der Waals surface area contributed by atoms with Gasteiger partial charge in [0.2, 0.25) is 0 Å². The molecule has 0 saturated heterocycles. The lowest BCUT2D eigenvalue weighted by Crippen LogP contribution is -2.37. The van der Waals surface area contributed by atoms with Crippen molar-refractivity contribution in [2.75, 3.05) is 13.6 Å². The number of amides is 3. The summed E-state index contributed by atoms with van der Waals surface area (Å²) in [6.07, 6.45) is 0.445. The van der Waals surface area contributed by atoms with Crippen LogP contribution in [0.3, 0.4) is 0 Å². The van der Waals surface area contributed by atoms with Crippen LogP contribution in [0.25, 0.3) is 0 Å². The van der Waals surface area contributed by atoms with Crippen LogP contribution in [0, 0.1) is 5.82 Å². The topological polar surface area (TPSA) is 84.0 Å². The molecule has 1 heterocycles. The van der Waals surface area contributed by atoms with E-state index in [2.05, 4.69) is 0 Å². The van der Waals surface area contributed by atoms with Crippen molar-refractivity contribution in [2.24, 2.45) is 0 Å². The molecule has 0 bridgehead atoms. The highest BCUT2D eigenvalue weighted by Crippen LogP contribution is 2.25. The summed E-state index contributed by atoms with van der Waals surface area (Å²) in [5.41, 5.74) is 1.09. The van der Waals surface area contributed by atoms with Crippen LogP contribution >= 0.6 is 0 Å². The zero-order valence-electron chi connectivity index (χ0n) is 18.3. The van der Waals surface area contributed by atoms with Gasteiger partial charge in [-0.05, 0) is 49.2 Å². The number of halogens is 1. The molecule has 7 nitrogen and oxygen atoms in total. The molecule has 0 aromatic heterocycles. The first kappa shape index (κ1) is 23.1. The molecule has 0 N–H and O–H groups in total. The van der Waals surface area contributed by atoms with Crippen molar-refractivity contribution in [3.05, 3.63) is 70.5 Å². The molecule has 0 fully saturated rings. The monoisotopic (exact) mass is 440 g/mol. The molecule has 32 heavy (non-hydrogen) atoms. The number of ether oxygens (including phenoxy) is 1. The number of hydrogen-bond donors (Lipinski definition) is 0. The number of imide groups is 1. The van der Waals surface area contributed by atoms with E-state index in [1.807, 2.05) is 6.92 Å². The Labute approximate surface area is 185 Å². The van der Waals surface area contributed by atoms with Gasteiger partial charge >= 0.3 is 5.97 Å². The van der Waals surface area contributed by atoms with E-state index in [-0.39, 0.29) is 29.1 Å². The van der Waals surface area contributed by atoms with Gasteiger partial charge in [0, 0.05) is 20.1 Å². The highest BCUT2D eigenvalue weighted by molar-refractivity contribution is 6.22. The molecule has 1 aliphatic rings. The van der Waals surface area contributed by atoms with Crippen molar-refractivity contribution in [2.45, 2.75) is 39.3 Å². The third-order valence-electron chi connectivity index (χ3n) is 5.26. The Hall–Kier alpha value is -3.55. The van der Waals surface area contributed by atoms with Crippen LogP contribution in [-0.2, 0) is 16.1 Å². The van der Waals surface area contributed by atoms with E-state index >= 15 is 0 Å². The highest BCUT2D eigenvalue weighted by Gasteiger charge is 2.35. The average Bonchev–Trinajstić information content (AvgIpc) is 3.00. The average molecular weight is 440 g/mol. The summed E-state index contributed by atoms with van der Waals surface area (Å²) in [6.45, 7) is 3.88. The molecule has 0 aliphatic carbocycles. The Morgan fingerprint density at radius 2 is 1.81 bits per heavy atom. The molecule has 3 amide bonds. The van der Waals surface area contributed by atoms with Gasteiger partial charge in [-0.1, -0.05) is 25.5 Å². The highest BCUT2D eigenvalue weighted by atomic mass is 19.1. The van der Waals surface area contributed by atoms with Gasteiger partial charge < -0.3 is 9.64 Å². The normalized spacial score (nSPS) is 13.7. The Morgan fingerprint density at radius 3 is 2.50 bits per heavy atom. The number of fused-ring (bicyclic) bond motifs is 1. The van der Waals surface area contributed by atoms with Gasteiger partial charge in [0.1, 0.15) is 5.82 Å². The molecule has 0 radical (unpaired) electrons. The lowest BCUT2D eigenvalue weighted by Gasteiger charge is -2.21. The van der Waals surface area contributed by atoms with Crippen LogP contribution in [0.4, 0.5) is 4.39 Å². The van der Waals surface area contributed by atoms with E-state index in [1.165, 1.54) is 54.1 Å². The molecule has 2 aromatic rings. The largest absolute Gasteiger partial charge is 0.449 e. The van der Waals surface area contributed by atoms with E-state index < -0.39 is 29.7 Å². The van der Waals surface area contributed by atoms with Crippen molar-refractivity contribution < 1.29 is 28.3 Å². The first-order chi connectivity index (χ1) is 15.2. The fraction of sp³-hybridized carbons (Fsp3) is 0.333. The van der Waals surface area contributed by atoms with Crippen LogP contribution in [0.2, 0.25) is 0 Å². The quantitative estimate of drug-likeness (QED) is 0.464. The smallest absolute Gasteiger partial charge is 0.338 e. The summed E-state index contributed by atoms with van der Waals surface area (Å²) in [5.74, 6) is -2.45. The van der Waals surface area contributed by atoms with Crippen LogP contribution in [0.1, 0.15) is 63.3 Å². The van der Waals surface area contributed by atoms with Crippen molar-refractivity contribution >= 4 is 23.7 Å². The maximum atomic E-state index is 13.3. The fourth-order valence-electron chi connectivity index (χ4n) is 3.51. The maximum absolute atomic E-state index is 13.3. The summed E-state index contributed by atoms with van der Waals surface area (Å²) in [6, 6.07) is 10.0. The number of carbonyl (C=O) groups is 4. The van der Waals surface area contributed by atoms with Gasteiger partial charge in [-0.2, -0.15) is 0 Å². The van der Waals surface area contributed by atoms with E-state index in [0.717, 1.165) is 6.42 Å². The van der Waals surface area contributed by atoms with Gasteiger partial charge in [-0.3, -0.25) is 19.3 Å².